The maximum Gasteiger partial charge on any atom is 0.407 e. The average Bonchev–Trinajstić information content (AvgIpc) is 2.13. The summed E-state index contributed by atoms with van der Waals surface area (Å²) in [5.41, 5.74) is 11.0. The van der Waals surface area contributed by atoms with Gasteiger partial charge in [-0.15, -0.1) is 0 Å². The van der Waals surface area contributed by atoms with E-state index in [2.05, 4.69) is 0 Å². The second-order valence-corrected chi connectivity index (χ2v) is 2.52. The van der Waals surface area contributed by atoms with E-state index in [1.165, 1.54) is 4.90 Å². The lowest BCUT2D eigenvalue weighted by atomic mass is 10.2. The molecule has 1 heterocycles. The monoisotopic (exact) mass is 145 g/mol. The van der Waals surface area contributed by atoms with Crippen molar-refractivity contribution in [3.63, 3.8) is 0 Å². The summed E-state index contributed by atoms with van der Waals surface area (Å²) in [6.07, 6.45) is -0.941. The van der Waals surface area contributed by atoms with Gasteiger partial charge in [-0.1, -0.05) is 0 Å². The minimum Gasteiger partial charge on any atom is -0.465 e. The molecule has 0 aromatic rings. The van der Waals surface area contributed by atoms with Crippen LogP contribution in [0, 0.1) is 0 Å². The van der Waals surface area contributed by atoms with E-state index in [4.69, 9.17) is 16.6 Å². The highest BCUT2D eigenvalue weighted by molar-refractivity contribution is 5.65. The van der Waals surface area contributed by atoms with Crippen LogP contribution < -0.4 is 11.5 Å². The second kappa shape index (κ2) is 2.43. The van der Waals surface area contributed by atoms with Gasteiger partial charge in [0, 0.05) is 25.2 Å². The van der Waals surface area contributed by atoms with Crippen molar-refractivity contribution in [3.8, 4) is 0 Å². The number of likely N-dealkylation sites (tertiary alicyclic amines) is 1. The largest absolute Gasteiger partial charge is 0.465 e. The predicted octanol–water partition coefficient (Wildman–Crippen LogP) is -1.37. The van der Waals surface area contributed by atoms with E-state index in [1.54, 1.807) is 0 Å². The summed E-state index contributed by atoms with van der Waals surface area (Å²) < 4.78 is 0. The van der Waals surface area contributed by atoms with Gasteiger partial charge in [-0.3, -0.25) is 0 Å². The summed E-state index contributed by atoms with van der Waals surface area (Å²) in [5.74, 6) is 0. The van der Waals surface area contributed by atoms with E-state index < -0.39 is 6.09 Å². The molecule has 5 N–H and O–H groups in total. The molecule has 0 bridgehead atoms. The van der Waals surface area contributed by atoms with Crippen molar-refractivity contribution < 1.29 is 9.90 Å². The molecule has 0 spiro atoms. The van der Waals surface area contributed by atoms with Crippen molar-refractivity contribution >= 4 is 6.09 Å². The quantitative estimate of drug-likeness (QED) is 0.392. The van der Waals surface area contributed by atoms with Crippen LogP contribution in [0.15, 0.2) is 0 Å². The lowest BCUT2D eigenvalue weighted by Crippen LogP contribution is -2.39. The molecule has 5 nitrogen and oxygen atoms in total. The van der Waals surface area contributed by atoms with E-state index in [9.17, 15) is 4.79 Å². The van der Waals surface area contributed by atoms with Gasteiger partial charge in [-0.05, 0) is 0 Å². The van der Waals surface area contributed by atoms with Crippen LogP contribution in [0.4, 0.5) is 4.79 Å². The molecule has 0 aromatic heterocycles. The normalized spacial score (nSPS) is 32.8. The van der Waals surface area contributed by atoms with Crippen molar-refractivity contribution in [1.29, 1.82) is 0 Å². The Morgan fingerprint density at radius 3 is 2.00 bits per heavy atom. The van der Waals surface area contributed by atoms with Gasteiger partial charge in [0.1, 0.15) is 0 Å². The summed E-state index contributed by atoms with van der Waals surface area (Å²) in [5, 5.41) is 8.46. The van der Waals surface area contributed by atoms with Gasteiger partial charge in [0.15, 0.2) is 0 Å². The summed E-state index contributed by atoms with van der Waals surface area (Å²) >= 11 is 0. The fourth-order valence-corrected chi connectivity index (χ4v) is 1.01. The number of carbonyl (C=O) groups is 1. The van der Waals surface area contributed by atoms with Crippen LogP contribution in [-0.4, -0.2) is 41.3 Å². The molecular formula is C5H11N3O2. The molecule has 10 heavy (non-hydrogen) atoms. The average molecular weight is 145 g/mol. The Morgan fingerprint density at radius 1 is 1.40 bits per heavy atom. The zero-order valence-electron chi connectivity index (χ0n) is 5.53. The minimum atomic E-state index is -0.941. The SMILES string of the molecule is NC1CN(C(=O)O)C[C@@H]1N. The Bertz CT molecular complexity index is 140. The van der Waals surface area contributed by atoms with Gasteiger partial charge in [-0.2, -0.15) is 0 Å². The molecule has 0 saturated carbocycles. The highest BCUT2D eigenvalue weighted by Crippen LogP contribution is 2.05. The first-order valence-corrected chi connectivity index (χ1v) is 3.10. The lowest BCUT2D eigenvalue weighted by Gasteiger charge is -2.08. The summed E-state index contributed by atoms with van der Waals surface area (Å²) in [4.78, 5) is 11.5. The number of rotatable bonds is 0. The van der Waals surface area contributed by atoms with Crippen molar-refractivity contribution in [1.82, 2.24) is 4.90 Å². The summed E-state index contributed by atoms with van der Waals surface area (Å²) in [6.45, 7) is 0.715. The highest BCUT2D eigenvalue weighted by Gasteiger charge is 2.29. The van der Waals surface area contributed by atoms with Crippen molar-refractivity contribution in [2.24, 2.45) is 11.5 Å². The molecule has 1 fully saturated rings. The zero-order valence-corrected chi connectivity index (χ0v) is 5.53. The van der Waals surface area contributed by atoms with Gasteiger partial charge in [0.05, 0.1) is 0 Å². The molecule has 1 aliphatic rings. The number of nitrogens with zero attached hydrogens (tertiary/aromatic N) is 1. The molecule has 0 radical (unpaired) electrons. The minimum absolute atomic E-state index is 0.198. The van der Waals surface area contributed by atoms with Crippen molar-refractivity contribution in [2.45, 2.75) is 12.1 Å². The topological polar surface area (TPSA) is 92.6 Å². The third-order valence-corrected chi connectivity index (χ3v) is 1.68. The Balaban J connectivity index is 2.49. The van der Waals surface area contributed by atoms with E-state index in [-0.39, 0.29) is 12.1 Å². The fraction of sp³-hybridized carbons (Fsp3) is 0.800. The first-order valence-electron chi connectivity index (χ1n) is 3.10. The van der Waals surface area contributed by atoms with Gasteiger partial charge < -0.3 is 21.5 Å². The van der Waals surface area contributed by atoms with Gasteiger partial charge in [-0.25, -0.2) is 4.79 Å². The molecule has 1 unspecified atom stereocenters. The number of carboxylic acid groups (broad SMARTS) is 1. The third kappa shape index (κ3) is 1.19. The molecule has 58 valence electrons. The van der Waals surface area contributed by atoms with E-state index >= 15 is 0 Å². The summed E-state index contributed by atoms with van der Waals surface area (Å²) in [7, 11) is 0. The molecule has 1 aliphatic heterocycles. The second-order valence-electron chi connectivity index (χ2n) is 2.52. The molecule has 1 saturated heterocycles. The Labute approximate surface area is 58.6 Å². The zero-order chi connectivity index (χ0) is 7.72. The van der Waals surface area contributed by atoms with Crippen LogP contribution in [0.2, 0.25) is 0 Å². The van der Waals surface area contributed by atoms with Crippen molar-refractivity contribution in [3.05, 3.63) is 0 Å². The van der Waals surface area contributed by atoms with Crippen LogP contribution in [0.1, 0.15) is 0 Å². The van der Waals surface area contributed by atoms with Crippen LogP contribution in [0.25, 0.3) is 0 Å². The van der Waals surface area contributed by atoms with Gasteiger partial charge in [0.25, 0.3) is 0 Å². The van der Waals surface area contributed by atoms with Crippen molar-refractivity contribution in [2.75, 3.05) is 13.1 Å². The molecule has 0 aliphatic carbocycles. The van der Waals surface area contributed by atoms with Crippen LogP contribution in [0.5, 0.6) is 0 Å². The standard InChI is InChI=1S/C5H11N3O2/c6-3-1-8(5(9)10)2-4(3)7/h3-4H,1-2,6-7H2,(H,9,10)/t3-,4?/m0/s1. The number of nitrogens with two attached hydrogens (primary N) is 2. The Morgan fingerprint density at radius 2 is 1.80 bits per heavy atom. The Kier molecular flexibility index (Phi) is 1.78. The summed E-state index contributed by atoms with van der Waals surface area (Å²) in [6, 6.07) is -0.396. The van der Waals surface area contributed by atoms with Crippen LogP contribution >= 0.6 is 0 Å². The number of hydrogen-bond acceptors (Lipinski definition) is 3. The first-order chi connectivity index (χ1) is 4.61. The van der Waals surface area contributed by atoms with Gasteiger partial charge >= 0.3 is 6.09 Å². The lowest BCUT2D eigenvalue weighted by molar-refractivity contribution is 0.154. The van der Waals surface area contributed by atoms with Crippen LogP contribution in [-0.2, 0) is 0 Å². The number of hydrogen-bond donors (Lipinski definition) is 3. The fourth-order valence-electron chi connectivity index (χ4n) is 1.01. The molecule has 2 atom stereocenters. The van der Waals surface area contributed by atoms with E-state index in [0.29, 0.717) is 13.1 Å². The molecule has 1 rings (SSSR count). The molecule has 5 heteroatoms. The maximum absolute atomic E-state index is 10.3. The molecular weight excluding hydrogens is 134 g/mol. The molecule has 1 amide bonds. The third-order valence-electron chi connectivity index (χ3n) is 1.68. The first kappa shape index (κ1) is 7.30. The number of amides is 1. The Hall–Kier alpha value is -0.810. The maximum atomic E-state index is 10.3. The molecule has 0 aromatic carbocycles. The van der Waals surface area contributed by atoms with E-state index in [0.717, 1.165) is 0 Å². The van der Waals surface area contributed by atoms with E-state index in [1.807, 2.05) is 0 Å². The smallest absolute Gasteiger partial charge is 0.407 e. The van der Waals surface area contributed by atoms with Gasteiger partial charge in [0.2, 0.25) is 0 Å². The van der Waals surface area contributed by atoms with Crippen LogP contribution in [0.3, 0.4) is 0 Å². The predicted molar refractivity (Wildman–Crippen MR) is 35.5 cm³/mol. The highest BCUT2D eigenvalue weighted by atomic mass is 16.4.